The Morgan fingerprint density at radius 1 is 1.31 bits per heavy atom. The van der Waals surface area contributed by atoms with E-state index in [1.807, 2.05) is 24.3 Å². The van der Waals surface area contributed by atoms with Gasteiger partial charge >= 0.3 is 0 Å². The standard InChI is InChI=1S/C20H26N4O2/c1-23(2)18(25)14-24-11-5-7-16(13-24)20-19(21-9-10-22-20)15-6-4-8-17(12-15)26-3/h4,6,8-10,12,16H,5,7,11,13-14H2,1-3H3/t16-/m1/s1. The van der Waals surface area contributed by atoms with Crippen LogP contribution in [0.5, 0.6) is 5.75 Å². The highest BCUT2D eigenvalue weighted by atomic mass is 16.5. The average molecular weight is 354 g/mol. The van der Waals surface area contributed by atoms with E-state index < -0.39 is 0 Å². The van der Waals surface area contributed by atoms with Crippen LogP contribution in [0.2, 0.25) is 0 Å². The summed E-state index contributed by atoms with van der Waals surface area (Å²) in [7, 11) is 5.26. The predicted molar refractivity (Wildman–Crippen MR) is 101 cm³/mol. The zero-order valence-electron chi connectivity index (χ0n) is 15.7. The number of methoxy groups -OCH3 is 1. The van der Waals surface area contributed by atoms with E-state index in [1.165, 1.54) is 0 Å². The maximum Gasteiger partial charge on any atom is 0.236 e. The van der Waals surface area contributed by atoms with Crippen molar-refractivity contribution in [1.29, 1.82) is 0 Å². The number of amides is 1. The minimum Gasteiger partial charge on any atom is -0.497 e. The molecule has 1 aliphatic rings. The fourth-order valence-corrected chi connectivity index (χ4v) is 3.40. The van der Waals surface area contributed by atoms with Gasteiger partial charge in [0.1, 0.15) is 5.75 Å². The smallest absolute Gasteiger partial charge is 0.236 e. The number of nitrogens with zero attached hydrogens (tertiary/aromatic N) is 4. The van der Waals surface area contributed by atoms with E-state index in [4.69, 9.17) is 4.74 Å². The molecule has 0 bridgehead atoms. The molecule has 6 heteroatoms. The van der Waals surface area contributed by atoms with Crippen molar-refractivity contribution in [3.05, 3.63) is 42.4 Å². The minimum atomic E-state index is 0.137. The highest BCUT2D eigenvalue weighted by Gasteiger charge is 2.26. The molecule has 6 nitrogen and oxygen atoms in total. The topological polar surface area (TPSA) is 58.6 Å². The predicted octanol–water partition coefficient (Wildman–Crippen LogP) is 2.42. The SMILES string of the molecule is COc1cccc(-c2nccnc2[C@@H]2CCCN(CC(=O)N(C)C)C2)c1. The Hall–Kier alpha value is -2.47. The number of likely N-dealkylation sites (N-methyl/N-ethyl adjacent to an activating group) is 1. The maximum atomic E-state index is 12.1. The van der Waals surface area contributed by atoms with Crippen LogP contribution >= 0.6 is 0 Å². The summed E-state index contributed by atoms with van der Waals surface area (Å²) in [5.41, 5.74) is 2.91. The molecule has 2 aromatic rings. The highest BCUT2D eigenvalue weighted by molar-refractivity contribution is 5.77. The molecule has 1 aromatic carbocycles. The van der Waals surface area contributed by atoms with Crippen LogP contribution in [0, 0.1) is 0 Å². The van der Waals surface area contributed by atoms with E-state index in [0.29, 0.717) is 6.54 Å². The third-order valence-corrected chi connectivity index (χ3v) is 4.82. The number of rotatable bonds is 5. The maximum absolute atomic E-state index is 12.1. The van der Waals surface area contributed by atoms with Crippen molar-refractivity contribution in [3.63, 3.8) is 0 Å². The van der Waals surface area contributed by atoms with E-state index in [1.54, 1.807) is 38.5 Å². The van der Waals surface area contributed by atoms with Gasteiger partial charge in [-0.25, -0.2) is 0 Å². The molecule has 1 amide bonds. The van der Waals surface area contributed by atoms with Crippen LogP contribution in [0.15, 0.2) is 36.7 Å². The number of hydrogen-bond acceptors (Lipinski definition) is 5. The van der Waals surface area contributed by atoms with E-state index in [2.05, 4.69) is 14.9 Å². The number of carbonyl (C=O) groups excluding carboxylic acids is 1. The first-order valence-electron chi connectivity index (χ1n) is 8.96. The van der Waals surface area contributed by atoms with Crippen LogP contribution in [-0.4, -0.2) is 66.5 Å². The number of carbonyl (C=O) groups is 1. The lowest BCUT2D eigenvalue weighted by atomic mass is 9.91. The Kier molecular flexibility index (Phi) is 5.83. The number of likely N-dealkylation sites (tertiary alicyclic amines) is 1. The van der Waals surface area contributed by atoms with Crippen molar-refractivity contribution in [2.24, 2.45) is 0 Å². The molecular formula is C20H26N4O2. The minimum absolute atomic E-state index is 0.137. The second kappa shape index (κ2) is 8.27. The Morgan fingerprint density at radius 2 is 2.12 bits per heavy atom. The van der Waals surface area contributed by atoms with Crippen molar-refractivity contribution < 1.29 is 9.53 Å². The molecular weight excluding hydrogens is 328 g/mol. The monoisotopic (exact) mass is 354 g/mol. The third kappa shape index (κ3) is 4.19. The first-order chi connectivity index (χ1) is 12.6. The van der Waals surface area contributed by atoms with Gasteiger partial charge in [0.25, 0.3) is 0 Å². The van der Waals surface area contributed by atoms with Crippen LogP contribution < -0.4 is 4.74 Å². The van der Waals surface area contributed by atoms with Gasteiger partial charge in [0.15, 0.2) is 0 Å². The first kappa shape index (κ1) is 18.3. The number of benzene rings is 1. The van der Waals surface area contributed by atoms with Gasteiger partial charge < -0.3 is 9.64 Å². The average Bonchev–Trinajstić information content (AvgIpc) is 2.68. The van der Waals surface area contributed by atoms with Gasteiger partial charge in [-0.2, -0.15) is 0 Å². The molecule has 0 aliphatic carbocycles. The molecule has 138 valence electrons. The first-order valence-corrected chi connectivity index (χ1v) is 8.96. The van der Waals surface area contributed by atoms with Crippen LogP contribution in [-0.2, 0) is 4.79 Å². The lowest BCUT2D eigenvalue weighted by Gasteiger charge is -2.33. The molecule has 1 aliphatic heterocycles. The van der Waals surface area contributed by atoms with Crippen molar-refractivity contribution in [1.82, 2.24) is 19.8 Å². The zero-order valence-corrected chi connectivity index (χ0v) is 15.7. The number of piperidine rings is 1. The van der Waals surface area contributed by atoms with Gasteiger partial charge in [-0.05, 0) is 31.5 Å². The Balaban J connectivity index is 1.84. The molecule has 0 N–H and O–H groups in total. The summed E-state index contributed by atoms with van der Waals surface area (Å²) in [4.78, 5) is 25.2. The Morgan fingerprint density at radius 3 is 2.88 bits per heavy atom. The lowest BCUT2D eigenvalue weighted by Crippen LogP contribution is -2.41. The van der Waals surface area contributed by atoms with Crippen LogP contribution in [0.3, 0.4) is 0 Å². The summed E-state index contributed by atoms with van der Waals surface area (Å²) >= 11 is 0. The second-order valence-electron chi connectivity index (χ2n) is 6.88. The molecule has 1 saturated heterocycles. The van der Waals surface area contributed by atoms with Crippen molar-refractivity contribution in [3.8, 4) is 17.0 Å². The molecule has 0 spiro atoms. The summed E-state index contributed by atoms with van der Waals surface area (Å²) in [6.45, 7) is 2.23. The van der Waals surface area contributed by atoms with Crippen molar-refractivity contribution in [2.75, 3.05) is 40.8 Å². The van der Waals surface area contributed by atoms with Gasteiger partial charge in [0.2, 0.25) is 5.91 Å². The molecule has 1 aromatic heterocycles. The molecule has 0 unspecified atom stereocenters. The van der Waals surface area contributed by atoms with Gasteiger partial charge in [-0.15, -0.1) is 0 Å². The molecule has 26 heavy (non-hydrogen) atoms. The number of aromatic nitrogens is 2. The molecule has 2 heterocycles. The van der Waals surface area contributed by atoms with E-state index in [0.717, 1.165) is 48.6 Å². The van der Waals surface area contributed by atoms with Crippen molar-refractivity contribution in [2.45, 2.75) is 18.8 Å². The van der Waals surface area contributed by atoms with Gasteiger partial charge in [0, 0.05) is 44.5 Å². The fraction of sp³-hybridized carbons (Fsp3) is 0.450. The summed E-state index contributed by atoms with van der Waals surface area (Å²) in [5.74, 6) is 1.22. The van der Waals surface area contributed by atoms with E-state index >= 15 is 0 Å². The van der Waals surface area contributed by atoms with Crippen LogP contribution in [0.1, 0.15) is 24.5 Å². The van der Waals surface area contributed by atoms with Crippen molar-refractivity contribution >= 4 is 5.91 Å². The number of ether oxygens (including phenoxy) is 1. The summed E-state index contributed by atoms with van der Waals surface area (Å²) < 4.78 is 5.35. The largest absolute Gasteiger partial charge is 0.497 e. The number of hydrogen-bond donors (Lipinski definition) is 0. The summed E-state index contributed by atoms with van der Waals surface area (Å²) in [6.07, 6.45) is 5.60. The summed E-state index contributed by atoms with van der Waals surface area (Å²) in [5, 5.41) is 0. The second-order valence-corrected chi connectivity index (χ2v) is 6.88. The molecule has 3 rings (SSSR count). The Labute approximate surface area is 154 Å². The molecule has 1 atom stereocenters. The molecule has 0 saturated carbocycles. The molecule has 0 radical (unpaired) electrons. The lowest BCUT2D eigenvalue weighted by molar-refractivity contribution is -0.130. The zero-order chi connectivity index (χ0) is 18.5. The highest BCUT2D eigenvalue weighted by Crippen LogP contribution is 2.32. The fourth-order valence-electron chi connectivity index (χ4n) is 3.40. The van der Waals surface area contributed by atoms with Crippen LogP contribution in [0.4, 0.5) is 0 Å². The Bertz CT molecular complexity index is 763. The van der Waals surface area contributed by atoms with Gasteiger partial charge in [-0.1, -0.05) is 12.1 Å². The quantitative estimate of drug-likeness (QED) is 0.825. The normalized spacial score (nSPS) is 17.7. The van der Waals surface area contributed by atoms with E-state index in [9.17, 15) is 4.79 Å². The van der Waals surface area contributed by atoms with Crippen LogP contribution in [0.25, 0.3) is 11.3 Å². The van der Waals surface area contributed by atoms with Gasteiger partial charge in [-0.3, -0.25) is 19.7 Å². The van der Waals surface area contributed by atoms with E-state index in [-0.39, 0.29) is 11.8 Å². The third-order valence-electron chi connectivity index (χ3n) is 4.82. The molecule has 1 fully saturated rings. The van der Waals surface area contributed by atoms with Gasteiger partial charge in [0.05, 0.1) is 25.0 Å². The summed E-state index contributed by atoms with van der Waals surface area (Å²) in [6, 6.07) is 7.92.